The summed E-state index contributed by atoms with van der Waals surface area (Å²) in [6.45, 7) is -0.284. The standard InChI is InChI=1S/C3H3F3N2S/c4-3(5,6)8-1-7-2-9-8/h2H,1H2. The third kappa shape index (κ3) is 1.59. The van der Waals surface area contributed by atoms with E-state index in [2.05, 4.69) is 4.99 Å². The molecule has 0 spiro atoms. The average Bonchev–Trinajstić information content (AvgIpc) is 2.08. The highest BCUT2D eigenvalue weighted by Gasteiger charge is 2.38. The van der Waals surface area contributed by atoms with E-state index < -0.39 is 6.30 Å². The van der Waals surface area contributed by atoms with Crippen LogP contribution in [0.3, 0.4) is 0 Å². The first-order chi connectivity index (χ1) is 4.11. The van der Waals surface area contributed by atoms with Crippen molar-refractivity contribution in [2.75, 3.05) is 6.67 Å². The Kier molecular flexibility index (Phi) is 1.67. The summed E-state index contributed by atoms with van der Waals surface area (Å²) < 4.78 is 35.0. The Morgan fingerprint density at radius 2 is 2.22 bits per heavy atom. The predicted molar refractivity (Wildman–Crippen MR) is 28.8 cm³/mol. The minimum Gasteiger partial charge on any atom is -0.268 e. The van der Waals surface area contributed by atoms with Gasteiger partial charge in [0, 0.05) is 0 Å². The third-order valence-electron chi connectivity index (χ3n) is 0.742. The van der Waals surface area contributed by atoms with Gasteiger partial charge in [0.1, 0.15) is 6.67 Å². The molecule has 1 heterocycles. The van der Waals surface area contributed by atoms with Gasteiger partial charge in [-0.3, -0.25) is 4.99 Å². The lowest BCUT2D eigenvalue weighted by Crippen LogP contribution is -2.29. The Bertz CT molecular complexity index is 124. The van der Waals surface area contributed by atoms with Gasteiger partial charge >= 0.3 is 6.30 Å². The first-order valence-electron chi connectivity index (χ1n) is 2.10. The molecular weight excluding hydrogens is 153 g/mol. The minimum atomic E-state index is -4.25. The molecule has 1 aliphatic heterocycles. The molecule has 0 aromatic rings. The molecule has 0 aromatic carbocycles. The second-order valence-corrected chi connectivity index (χ2v) is 2.24. The van der Waals surface area contributed by atoms with Crippen molar-refractivity contribution >= 4 is 17.5 Å². The summed E-state index contributed by atoms with van der Waals surface area (Å²) in [7, 11) is 0. The SMILES string of the molecule is FC(F)(F)N1CN=CS1. The topological polar surface area (TPSA) is 15.6 Å². The van der Waals surface area contributed by atoms with Crippen LogP contribution in [0.25, 0.3) is 0 Å². The molecule has 0 saturated carbocycles. The molecular formula is C3H3F3N2S. The highest BCUT2D eigenvalue weighted by atomic mass is 32.2. The molecule has 1 aliphatic rings. The van der Waals surface area contributed by atoms with Crippen molar-refractivity contribution in [1.82, 2.24) is 4.31 Å². The van der Waals surface area contributed by atoms with Crippen molar-refractivity contribution in [3.8, 4) is 0 Å². The number of nitrogens with zero attached hydrogens (tertiary/aromatic N) is 2. The van der Waals surface area contributed by atoms with Crippen molar-refractivity contribution in [1.29, 1.82) is 0 Å². The Morgan fingerprint density at radius 3 is 2.44 bits per heavy atom. The van der Waals surface area contributed by atoms with Crippen molar-refractivity contribution in [2.24, 2.45) is 4.99 Å². The van der Waals surface area contributed by atoms with E-state index in [0.29, 0.717) is 11.9 Å². The maximum atomic E-state index is 11.6. The summed E-state index contributed by atoms with van der Waals surface area (Å²) in [6, 6.07) is 0. The molecule has 9 heavy (non-hydrogen) atoms. The number of halogens is 3. The van der Waals surface area contributed by atoms with Crippen LogP contribution in [-0.4, -0.2) is 22.8 Å². The number of alkyl halides is 3. The summed E-state index contributed by atoms with van der Waals surface area (Å²) in [4.78, 5) is 3.38. The van der Waals surface area contributed by atoms with Crippen LogP contribution in [0.15, 0.2) is 4.99 Å². The van der Waals surface area contributed by atoms with Crippen LogP contribution < -0.4 is 0 Å². The van der Waals surface area contributed by atoms with Gasteiger partial charge in [0.25, 0.3) is 0 Å². The summed E-state index contributed by atoms with van der Waals surface area (Å²) in [5, 5.41) is 0. The van der Waals surface area contributed by atoms with Gasteiger partial charge in [0.2, 0.25) is 0 Å². The molecule has 0 N–H and O–H groups in total. The second kappa shape index (κ2) is 2.18. The number of hydrogen-bond acceptors (Lipinski definition) is 3. The fourth-order valence-electron chi connectivity index (χ4n) is 0.371. The van der Waals surface area contributed by atoms with Gasteiger partial charge in [-0.25, -0.2) is 0 Å². The molecule has 6 heteroatoms. The lowest BCUT2D eigenvalue weighted by molar-refractivity contribution is -0.204. The first-order valence-corrected chi connectivity index (χ1v) is 2.94. The molecule has 52 valence electrons. The molecule has 0 atom stereocenters. The third-order valence-corrected chi connectivity index (χ3v) is 1.56. The van der Waals surface area contributed by atoms with Crippen LogP contribution in [0.2, 0.25) is 0 Å². The second-order valence-electron chi connectivity index (χ2n) is 1.38. The zero-order valence-electron chi connectivity index (χ0n) is 4.22. The molecule has 0 saturated heterocycles. The summed E-state index contributed by atoms with van der Waals surface area (Å²) in [5.41, 5.74) is 1.17. The van der Waals surface area contributed by atoms with Gasteiger partial charge in [0.05, 0.1) is 5.55 Å². The summed E-state index contributed by atoms with van der Waals surface area (Å²) in [6.07, 6.45) is -4.25. The van der Waals surface area contributed by atoms with Crippen molar-refractivity contribution < 1.29 is 13.2 Å². The first kappa shape index (κ1) is 6.88. The van der Waals surface area contributed by atoms with E-state index in [1.54, 1.807) is 0 Å². The minimum absolute atomic E-state index is 0.243. The van der Waals surface area contributed by atoms with Gasteiger partial charge in [-0.05, 0) is 11.9 Å². The quantitative estimate of drug-likeness (QED) is 0.389. The van der Waals surface area contributed by atoms with E-state index in [0.717, 1.165) is 0 Å². The van der Waals surface area contributed by atoms with E-state index in [1.165, 1.54) is 5.55 Å². The lowest BCUT2D eigenvalue weighted by atomic mass is 11.0. The largest absolute Gasteiger partial charge is 0.471 e. The van der Waals surface area contributed by atoms with Gasteiger partial charge in [-0.15, -0.1) is 4.31 Å². The fraction of sp³-hybridized carbons (Fsp3) is 0.667. The van der Waals surface area contributed by atoms with Gasteiger partial charge < -0.3 is 0 Å². The Balaban J connectivity index is 2.46. The number of rotatable bonds is 0. The Morgan fingerprint density at radius 1 is 1.56 bits per heavy atom. The van der Waals surface area contributed by atoms with Crippen LogP contribution in [0.1, 0.15) is 0 Å². The van der Waals surface area contributed by atoms with E-state index in [9.17, 15) is 13.2 Å². The lowest BCUT2D eigenvalue weighted by Gasteiger charge is -2.14. The molecule has 0 bridgehead atoms. The molecule has 0 aliphatic carbocycles. The number of aliphatic imine (C=N–C) groups is 1. The summed E-state index contributed by atoms with van der Waals surface area (Å²) in [5.74, 6) is 0. The number of hydrogen-bond donors (Lipinski definition) is 0. The van der Waals surface area contributed by atoms with Crippen LogP contribution in [0.5, 0.6) is 0 Å². The van der Waals surface area contributed by atoms with Crippen molar-refractivity contribution in [3.05, 3.63) is 0 Å². The average molecular weight is 156 g/mol. The van der Waals surface area contributed by atoms with Crippen LogP contribution in [-0.2, 0) is 0 Å². The predicted octanol–water partition coefficient (Wildman–Crippen LogP) is 1.46. The van der Waals surface area contributed by atoms with Crippen molar-refractivity contribution in [3.63, 3.8) is 0 Å². The zero-order valence-corrected chi connectivity index (χ0v) is 5.04. The smallest absolute Gasteiger partial charge is 0.268 e. The highest BCUT2D eigenvalue weighted by molar-refractivity contribution is 8.10. The Hall–Kier alpha value is -0.230. The van der Waals surface area contributed by atoms with Crippen LogP contribution >= 0.6 is 11.9 Å². The molecule has 2 nitrogen and oxygen atoms in total. The fourth-order valence-corrected chi connectivity index (χ4v) is 0.871. The maximum absolute atomic E-state index is 11.6. The maximum Gasteiger partial charge on any atom is 0.471 e. The Labute approximate surface area is 53.9 Å². The monoisotopic (exact) mass is 156 g/mol. The molecule has 0 aromatic heterocycles. The normalized spacial score (nSPS) is 21.2. The van der Waals surface area contributed by atoms with E-state index in [1.807, 2.05) is 0 Å². The zero-order chi connectivity index (χ0) is 6.91. The van der Waals surface area contributed by atoms with Gasteiger partial charge in [0.15, 0.2) is 0 Å². The van der Waals surface area contributed by atoms with Crippen LogP contribution in [0, 0.1) is 0 Å². The molecule has 1 rings (SSSR count). The van der Waals surface area contributed by atoms with Crippen molar-refractivity contribution in [2.45, 2.75) is 6.30 Å². The molecule has 0 unspecified atom stereocenters. The summed E-state index contributed by atoms with van der Waals surface area (Å²) >= 11 is 0.566. The van der Waals surface area contributed by atoms with E-state index in [-0.39, 0.29) is 11.0 Å². The molecule has 0 fully saturated rings. The van der Waals surface area contributed by atoms with Gasteiger partial charge in [-0.2, -0.15) is 13.2 Å². The van der Waals surface area contributed by atoms with E-state index >= 15 is 0 Å². The molecule has 0 amide bonds. The highest BCUT2D eigenvalue weighted by Crippen LogP contribution is 2.29. The van der Waals surface area contributed by atoms with Crippen LogP contribution in [0.4, 0.5) is 13.2 Å². The van der Waals surface area contributed by atoms with Gasteiger partial charge in [-0.1, -0.05) is 0 Å². The van der Waals surface area contributed by atoms with E-state index in [4.69, 9.17) is 0 Å². The molecule has 0 radical (unpaired) electrons.